The van der Waals surface area contributed by atoms with Crippen molar-refractivity contribution in [3.8, 4) is 0 Å². The number of nitrogens with zero attached hydrogens (tertiary/aromatic N) is 1. The van der Waals surface area contributed by atoms with Gasteiger partial charge in [-0.15, -0.1) is 0 Å². The van der Waals surface area contributed by atoms with Gasteiger partial charge in [0.25, 0.3) is 0 Å². The molecule has 100 valence electrons. The summed E-state index contributed by atoms with van der Waals surface area (Å²) < 4.78 is 0. The maximum atomic E-state index is 3.71. The molecule has 1 heterocycles. The summed E-state index contributed by atoms with van der Waals surface area (Å²) in [6.45, 7) is 9.51. The molecule has 2 aliphatic rings. The van der Waals surface area contributed by atoms with E-state index in [0.29, 0.717) is 0 Å². The van der Waals surface area contributed by atoms with Crippen molar-refractivity contribution in [2.45, 2.75) is 77.4 Å². The summed E-state index contributed by atoms with van der Waals surface area (Å²) in [5, 5.41) is 3.71. The highest BCUT2D eigenvalue weighted by molar-refractivity contribution is 4.92. The molecule has 0 aromatic carbocycles. The van der Waals surface area contributed by atoms with Gasteiger partial charge in [-0.2, -0.15) is 0 Å². The molecule has 0 aromatic rings. The third-order valence-electron chi connectivity index (χ3n) is 5.07. The molecule has 1 saturated carbocycles. The predicted octanol–water partition coefficient (Wildman–Crippen LogP) is 3.03. The first-order valence-electron chi connectivity index (χ1n) is 7.77. The number of hydrogen-bond donors (Lipinski definition) is 1. The number of nitrogens with one attached hydrogen (secondary N) is 1. The maximum absolute atomic E-state index is 3.71. The topological polar surface area (TPSA) is 15.3 Å². The van der Waals surface area contributed by atoms with E-state index in [2.05, 4.69) is 31.0 Å². The van der Waals surface area contributed by atoms with Gasteiger partial charge in [0.05, 0.1) is 0 Å². The second kappa shape index (κ2) is 6.19. The Morgan fingerprint density at radius 1 is 1.06 bits per heavy atom. The largest absolute Gasteiger partial charge is 0.311 e. The molecule has 2 rings (SSSR count). The molecule has 17 heavy (non-hydrogen) atoms. The second-order valence-corrected chi connectivity index (χ2v) is 6.01. The Labute approximate surface area is 107 Å². The first-order chi connectivity index (χ1) is 8.28. The summed E-state index contributed by atoms with van der Waals surface area (Å²) in [4.78, 5) is 2.85. The molecule has 1 saturated heterocycles. The molecular weight excluding hydrogens is 208 g/mol. The van der Waals surface area contributed by atoms with Gasteiger partial charge in [-0.1, -0.05) is 27.2 Å². The van der Waals surface area contributed by atoms with Gasteiger partial charge in [0.1, 0.15) is 0 Å². The lowest BCUT2D eigenvalue weighted by atomic mass is 10.00. The molecule has 1 aliphatic heterocycles. The fourth-order valence-corrected chi connectivity index (χ4v) is 3.71. The molecule has 4 atom stereocenters. The standard InChI is InChI=1S/C15H30N2/c1-4-12-7-8-15(9-12)17-11-13(5-2)16-10-14(17)6-3/h12-16H,4-11H2,1-3H3. The fraction of sp³-hybridized carbons (Fsp3) is 1.00. The van der Waals surface area contributed by atoms with Crippen molar-refractivity contribution < 1.29 is 0 Å². The summed E-state index contributed by atoms with van der Waals surface area (Å²) in [6.07, 6.45) is 8.34. The van der Waals surface area contributed by atoms with Crippen LogP contribution in [0.3, 0.4) is 0 Å². The fourth-order valence-electron chi connectivity index (χ4n) is 3.71. The van der Waals surface area contributed by atoms with Gasteiger partial charge in [-0.05, 0) is 38.0 Å². The van der Waals surface area contributed by atoms with Gasteiger partial charge < -0.3 is 5.32 Å². The van der Waals surface area contributed by atoms with E-state index < -0.39 is 0 Å². The minimum absolute atomic E-state index is 0.735. The van der Waals surface area contributed by atoms with Crippen LogP contribution in [0.5, 0.6) is 0 Å². The molecule has 2 nitrogen and oxygen atoms in total. The van der Waals surface area contributed by atoms with Crippen LogP contribution in [-0.2, 0) is 0 Å². The Balaban J connectivity index is 1.95. The molecule has 0 bridgehead atoms. The van der Waals surface area contributed by atoms with E-state index >= 15 is 0 Å². The lowest BCUT2D eigenvalue weighted by Crippen LogP contribution is -2.58. The normalized spacial score (nSPS) is 39.7. The van der Waals surface area contributed by atoms with Gasteiger partial charge in [-0.3, -0.25) is 4.90 Å². The molecule has 4 unspecified atom stereocenters. The van der Waals surface area contributed by atoms with Crippen molar-refractivity contribution in [3.05, 3.63) is 0 Å². The summed E-state index contributed by atoms with van der Waals surface area (Å²) in [7, 11) is 0. The highest BCUT2D eigenvalue weighted by Crippen LogP contribution is 2.33. The Bertz CT molecular complexity index is 229. The van der Waals surface area contributed by atoms with Crippen molar-refractivity contribution in [1.29, 1.82) is 0 Å². The third-order valence-corrected chi connectivity index (χ3v) is 5.07. The summed E-state index contributed by atoms with van der Waals surface area (Å²) in [5.74, 6) is 1.01. The van der Waals surface area contributed by atoms with E-state index in [1.165, 1.54) is 51.6 Å². The van der Waals surface area contributed by atoms with Crippen LogP contribution < -0.4 is 5.32 Å². The van der Waals surface area contributed by atoms with E-state index in [-0.39, 0.29) is 0 Å². The molecule has 0 aromatic heterocycles. The van der Waals surface area contributed by atoms with E-state index in [9.17, 15) is 0 Å². The minimum atomic E-state index is 0.735. The zero-order valence-corrected chi connectivity index (χ0v) is 11.9. The van der Waals surface area contributed by atoms with Crippen LogP contribution in [0.2, 0.25) is 0 Å². The average Bonchev–Trinajstić information content (AvgIpc) is 2.86. The average molecular weight is 238 g/mol. The molecule has 0 spiro atoms. The Kier molecular flexibility index (Phi) is 4.87. The van der Waals surface area contributed by atoms with Crippen molar-refractivity contribution >= 4 is 0 Å². The lowest BCUT2D eigenvalue weighted by molar-refractivity contribution is 0.0780. The summed E-state index contributed by atoms with van der Waals surface area (Å²) in [5.41, 5.74) is 0. The number of rotatable bonds is 4. The third kappa shape index (κ3) is 3.03. The first kappa shape index (κ1) is 13.4. The van der Waals surface area contributed by atoms with Gasteiger partial charge >= 0.3 is 0 Å². The maximum Gasteiger partial charge on any atom is 0.0221 e. The highest BCUT2D eigenvalue weighted by Gasteiger charge is 2.35. The quantitative estimate of drug-likeness (QED) is 0.810. The minimum Gasteiger partial charge on any atom is -0.311 e. The van der Waals surface area contributed by atoms with E-state index in [4.69, 9.17) is 0 Å². The van der Waals surface area contributed by atoms with Crippen LogP contribution in [0.15, 0.2) is 0 Å². The first-order valence-corrected chi connectivity index (χ1v) is 7.77. The van der Waals surface area contributed by atoms with Crippen molar-refractivity contribution in [2.24, 2.45) is 5.92 Å². The molecular formula is C15H30N2. The van der Waals surface area contributed by atoms with Crippen LogP contribution >= 0.6 is 0 Å². The summed E-state index contributed by atoms with van der Waals surface area (Å²) in [6, 6.07) is 2.41. The van der Waals surface area contributed by atoms with Crippen LogP contribution in [0.4, 0.5) is 0 Å². The lowest BCUT2D eigenvalue weighted by Gasteiger charge is -2.43. The monoisotopic (exact) mass is 238 g/mol. The van der Waals surface area contributed by atoms with Crippen LogP contribution in [0.25, 0.3) is 0 Å². The van der Waals surface area contributed by atoms with E-state index in [0.717, 1.165) is 24.0 Å². The molecule has 1 N–H and O–H groups in total. The van der Waals surface area contributed by atoms with Crippen molar-refractivity contribution in [3.63, 3.8) is 0 Å². The van der Waals surface area contributed by atoms with E-state index in [1.54, 1.807) is 0 Å². The number of piperazine rings is 1. The van der Waals surface area contributed by atoms with Crippen molar-refractivity contribution in [1.82, 2.24) is 10.2 Å². The highest BCUT2D eigenvalue weighted by atomic mass is 15.3. The molecule has 2 fully saturated rings. The predicted molar refractivity (Wildman–Crippen MR) is 74.3 cm³/mol. The second-order valence-electron chi connectivity index (χ2n) is 6.01. The molecule has 0 radical (unpaired) electrons. The van der Waals surface area contributed by atoms with Gasteiger partial charge in [0.15, 0.2) is 0 Å². The Morgan fingerprint density at radius 2 is 1.88 bits per heavy atom. The smallest absolute Gasteiger partial charge is 0.0221 e. The number of hydrogen-bond acceptors (Lipinski definition) is 2. The Hall–Kier alpha value is -0.0800. The van der Waals surface area contributed by atoms with Gasteiger partial charge in [-0.25, -0.2) is 0 Å². The van der Waals surface area contributed by atoms with E-state index in [1.807, 2.05) is 0 Å². The SMILES string of the molecule is CCC1CCC(N2CC(CC)NCC2CC)C1. The Morgan fingerprint density at radius 3 is 2.47 bits per heavy atom. The van der Waals surface area contributed by atoms with Gasteiger partial charge in [0.2, 0.25) is 0 Å². The van der Waals surface area contributed by atoms with Crippen LogP contribution in [-0.4, -0.2) is 36.1 Å². The van der Waals surface area contributed by atoms with Crippen molar-refractivity contribution in [2.75, 3.05) is 13.1 Å². The molecule has 2 heteroatoms. The zero-order chi connectivity index (χ0) is 12.3. The van der Waals surface area contributed by atoms with Crippen LogP contribution in [0, 0.1) is 5.92 Å². The molecule has 1 aliphatic carbocycles. The summed E-state index contributed by atoms with van der Waals surface area (Å²) >= 11 is 0. The van der Waals surface area contributed by atoms with Crippen LogP contribution in [0.1, 0.15) is 59.3 Å². The molecule has 0 amide bonds. The zero-order valence-electron chi connectivity index (χ0n) is 11.9. The van der Waals surface area contributed by atoms with Gasteiger partial charge in [0, 0.05) is 31.2 Å².